The average Bonchev–Trinajstić information content (AvgIpc) is 3.52. The van der Waals surface area contributed by atoms with Gasteiger partial charge in [-0.15, -0.1) is 0 Å². The minimum Gasteiger partial charge on any atom is -0.337 e. The molecule has 1 saturated heterocycles. The van der Waals surface area contributed by atoms with E-state index in [4.69, 9.17) is 11.6 Å². The van der Waals surface area contributed by atoms with Crippen molar-refractivity contribution in [3.63, 3.8) is 0 Å². The van der Waals surface area contributed by atoms with Crippen LogP contribution in [0.4, 0.5) is 20.2 Å². The molecule has 1 N–H and O–H groups in total. The molecule has 0 radical (unpaired) electrons. The summed E-state index contributed by atoms with van der Waals surface area (Å²) in [5.74, 6) is -2.09. The fraction of sp³-hybridized carbons (Fsp3) is 0.250. The summed E-state index contributed by atoms with van der Waals surface area (Å²) in [5, 5.41) is 3.51. The minimum absolute atomic E-state index is 0.103. The van der Waals surface area contributed by atoms with E-state index in [0.29, 0.717) is 32.7 Å². The molecule has 1 aromatic heterocycles. The molecule has 10 heteroatoms. The molecule has 1 fully saturated rings. The normalized spacial score (nSPS) is 16.5. The van der Waals surface area contributed by atoms with Gasteiger partial charge in [0.1, 0.15) is 18.8 Å². The Morgan fingerprint density at radius 3 is 2.43 bits per heavy atom. The maximum Gasteiger partial charge on any atom is 0.247 e. The van der Waals surface area contributed by atoms with Gasteiger partial charge in [0.15, 0.2) is 11.6 Å². The topological polar surface area (TPSA) is 83.8 Å². The van der Waals surface area contributed by atoms with Crippen LogP contribution >= 0.6 is 11.6 Å². The lowest BCUT2D eigenvalue weighted by Gasteiger charge is -2.24. The molecule has 2 unspecified atom stereocenters. The number of aromatic nitrogens is 1. The SMILES string of the molecule is CC(=O)c1cn(CC(=O)N2CC(F)CC2C(=O)Nc2cccc(-c3ccccc3Cl)c2F)c2cccc(N=C(C)C)c12. The van der Waals surface area contributed by atoms with E-state index in [9.17, 15) is 18.8 Å². The van der Waals surface area contributed by atoms with Crippen LogP contribution in [-0.4, -0.2) is 51.5 Å². The molecule has 1 aliphatic heterocycles. The number of anilines is 1. The Morgan fingerprint density at radius 1 is 1.00 bits per heavy atom. The molecule has 5 rings (SSSR count). The number of benzene rings is 3. The number of halogens is 3. The lowest BCUT2D eigenvalue weighted by Crippen LogP contribution is -2.44. The first-order chi connectivity index (χ1) is 20.0. The molecule has 0 aliphatic carbocycles. The number of nitrogens with zero attached hydrogens (tertiary/aromatic N) is 3. The number of fused-ring (bicyclic) bond motifs is 1. The van der Waals surface area contributed by atoms with Crippen LogP contribution < -0.4 is 5.32 Å². The second-order valence-corrected chi connectivity index (χ2v) is 10.9. The van der Waals surface area contributed by atoms with Crippen LogP contribution in [0, 0.1) is 5.82 Å². The number of Topliss-reactive ketones (excluding diaryl/α,β-unsaturated/α-hetero) is 1. The maximum atomic E-state index is 15.5. The molecule has 1 aliphatic rings. The smallest absolute Gasteiger partial charge is 0.247 e. The quantitative estimate of drug-likeness (QED) is 0.186. The first-order valence-electron chi connectivity index (χ1n) is 13.5. The largest absolute Gasteiger partial charge is 0.337 e. The molecule has 2 heterocycles. The van der Waals surface area contributed by atoms with Gasteiger partial charge in [0.25, 0.3) is 0 Å². The zero-order valence-electron chi connectivity index (χ0n) is 23.3. The highest BCUT2D eigenvalue weighted by atomic mass is 35.5. The molecule has 0 saturated carbocycles. The highest BCUT2D eigenvalue weighted by molar-refractivity contribution is 6.33. The van der Waals surface area contributed by atoms with Crippen molar-refractivity contribution in [2.24, 2.45) is 4.99 Å². The van der Waals surface area contributed by atoms with Crippen LogP contribution in [0.5, 0.6) is 0 Å². The average molecular weight is 591 g/mol. The molecule has 0 spiro atoms. The summed E-state index contributed by atoms with van der Waals surface area (Å²) in [6, 6.07) is 15.5. The standard InChI is InChI=1S/C32H29ClF2N4O3/c1-18(2)36-25-11-7-13-27-30(25)23(19(3)40)16-38(27)17-29(41)39-15-20(34)14-28(39)32(42)37-26-12-6-9-22(31(26)35)21-8-4-5-10-24(21)33/h4-13,16,20,28H,14-15,17H2,1-3H3,(H,37,42). The Labute approximate surface area is 246 Å². The minimum atomic E-state index is -1.42. The van der Waals surface area contributed by atoms with Gasteiger partial charge >= 0.3 is 0 Å². The van der Waals surface area contributed by atoms with Crippen molar-refractivity contribution in [3.05, 3.63) is 83.3 Å². The Bertz CT molecular complexity index is 1750. The highest BCUT2D eigenvalue weighted by Crippen LogP contribution is 2.34. The molecule has 7 nitrogen and oxygen atoms in total. The van der Waals surface area contributed by atoms with Crippen molar-refractivity contribution in [1.29, 1.82) is 0 Å². The number of hydrogen-bond donors (Lipinski definition) is 1. The van der Waals surface area contributed by atoms with E-state index in [2.05, 4.69) is 10.3 Å². The van der Waals surface area contributed by atoms with Gasteiger partial charge < -0.3 is 14.8 Å². The van der Waals surface area contributed by atoms with Gasteiger partial charge in [0.2, 0.25) is 11.8 Å². The third kappa shape index (κ3) is 5.69. The zero-order chi connectivity index (χ0) is 30.1. The van der Waals surface area contributed by atoms with E-state index in [1.54, 1.807) is 65.4 Å². The molecule has 2 amide bonds. The van der Waals surface area contributed by atoms with Crippen molar-refractivity contribution in [3.8, 4) is 11.1 Å². The Kier molecular flexibility index (Phi) is 8.22. The number of carbonyl (C=O) groups is 3. The van der Waals surface area contributed by atoms with Gasteiger partial charge in [-0.05, 0) is 45.0 Å². The van der Waals surface area contributed by atoms with E-state index in [-0.39, 0.29) is 36.5 Å². The molecule has 4 aromatic rings. The van der Waals surface area contributed by atoms with Gasteiger partial charge in [-0.25, -0.2) is 8.78 Å². The third-order valence-corrected chi connectivity index (χ3v) is 7.54. The van der Waals surface area contributed by atoms with Crippen molar-refractivity contribution in [1.82, 2.24) is 9.47 Å². The summed E-state index contributed by atoms with van der Waals surface area (Å²) in [6.07, 6.45) is -0.0576. The number of carbonyl (C=O) groups excluding carboxylic acids is 3. The molecule has 0 bridgehead atoms. The van der Waals surface area contributed by atoms with Gasteiger partial charge in [-0.3, -0.25) is 19.4 Å². The summed E-state index contributed by atoms with van der Waals surface area (Å²) in [7, 11) is 0. The lowest BCUT2D eigenvalue weighted by atomic mass is 10.0. The molecular formula is C32H29ClF2N4O3. The third-order valence-electron chi connectivity index (χ3n) is 7.21. The van der Waals surface area contributed by atoms with Crippen molar-refractivity contribution in [2.75, 3.05) is 11.9 Å². The van der Waals surface area contributed by atoms with Crippen LogP contribution in [0.25, 0.3) is 22.0 Å². The van der Waals surface area contributed by atoms with E-state index >= 15 is 4.39 Å². The predicted molar refractivity (Wildman–Crippen MR) is 161 cm³/mol. The molecule has 2 atom stereocenters. The van der Waals surface area contributed by atoms with Crippen LogP contribution in [0.15, 0.2) is 71.9 Å². The van der Waals surface area contributed by atoms with Crippen LogP contribution in [0.2, 0.25) is 5.02 Å². The number of ketones is 1. The number of amides is 2. The Hall–Kier alpha value is -4.37. The summed E-state index contributed by atoms with van der Waals surface area (Å²) >= 11 is 6.25. The van der Waals surface area contributed by atoms with Crippen LogP contribution in [-0.2, 0) is 16.1 Å². The second-order valence-electron chi connectivity index (χ2n) is 10.5. The van der Waals surface area contributed by atoms with Crippen molar-refractivity contribution >= 4 is 57.2 Å². The fourth-order valence-electron chi connectivity index (χ4n) is 5.34. The zero-order valence-corrected chi connectivity index (χ0v) is 24.1. The Balaban J connectivity index is 1.41. The van der Waals surface area contributed by atoms with Gasteiger partial charge in [-0.1, -0.05) is 48.0 Å². The lowest BCUT2D eigenvalue weighted by molar-refractivity contribution is -0.137. The first-order valence-corrected chi connectivity index (χ1v) is 13.9. The summed E-state index contributed by atoms with van der Waals surface area (Å²) < 4.78 is 31.7. The van der Waals surface area contributed by atoms with Gasteiger partial charge in [0, 0.05) is 45.4 Å². The summed E-state index contributed by atoms with van der Waals surface area (Å²) in [6.45, 7) is 4.63. The van der Waals surface area contributed by atoms with E-state index in [1.165, 1.54) is 17.9 Å². The molecule has 42 heavy (non-hydrogen) atoms. The first kappa shape index (κ1) is 29.1. The van der Waals surface area contributed by atoms with Crippen molar-refractivity contribution < 1.29 is 23.2 Å². The summed E-state index contributed by atoms with van der Waals surface area (Å²) in [5.41, 5.74) is 2.98. The number of rotatable bonds is 7. The number of likely N-dealkylation sites (tertiary alicyclic amines) is 1. The van der Waals surface area contributed by atoms with E-state index < -0.39 is 29.8 Å². The van der Waals surface area contributed by atoms with Crippen molar-refractivity contribution in [2.45, 2.75) is 46.0 Å². The fourth-order valence-corrected chi connectivity index (χ4v) is 5.58. The summed E-state index contributed by atoms with van der Waals surface area (Å²) in [4.78, 5) is 45.0. The van der Waals surface area contributed by atoms with Crippen LogP contribution in [0.1, 0.15) is 37.6 Å². The van der Waals surface area contributed by atoms with Gasteiger partial charge in [-0.2, -0.15) is 0 Å². The number of aliphatic imine (C=N–C) groups is 1. The number of alkyl halides is 1. The molecule has 3 aromatic carbocycles. The number of nitrogens with one attached hydrogen (secondary N) is 1. The maximum absolute atomic E-state index is 15.5. The Morgan fingerprint density at radius 2 is 1.71 bits per heavy atom. The monoisotopic (exact) mass is 590 g/mol. The number of hydrogen-bond acceptors (Lipinski definition) is 4. The highest BCUT2D eigenvalue weighted by Gasteiger charge is 2.40. The van der Waals surface area contributed by atoms with E-state index in [0.717, 1.165) is 5.71 Å². The molecular weight excluding hydrogens is 562 g/mol. The van der Waals surface area contributed by atoms with Crippen LogP contribution in [0.3, 0.4) is 0 Å². The van der Waals surface area contributed by atoms with E-state index in [1.807, 2.05) is 13.8 Å². The van der Waals surface area contributed by atoms with Gasteiger partial charge in [0.05, 0.1) is 23.4 Å². The predicted octanol–water partition coefficient (Wildman–Crippen LogP) is 6.99. The second kappa shape index (κ2) is 11.9. The molecule has 216 valence electrons.